The molecule has 2 aromatic carbocycles. The topological polar surface area (TPSA) is 56.1 Å². The predicted octanol–water partition coefficient (Wildman–Crippen LogP) is 5.22. The zero-order valence-electron chi connectivity index (χ0n) is 19.3. The van der Waals surface area contributed by atoms with Crippen LogP contribution in [0.2, 0.25) is 0 Å². The number of para-hydroxylation sites is 2. The molecule has 166 valence electrons. The lowest BCUT2D eigenvalue weighted by molar-refractivity contribution is -0.123. The summed E-state index contributed by atoms with van der Waals surface area (Å²) in [7, 11) is 0. The van der Waals surface area contributed by atoms with E-state index in [1.807, 2.05) is 19.9 Å². The van der Waals surface area contributed by atoms with Crippen molar-refractivity contribution in [1.82, 2.24) is 14.9 Å². The van der Waals surface area contributed by atoms with Crippen molar-refractivity contribution in [2.75, 3.05) is 13.2 Å². The van der Waals surface area contributed by atoms with Gasteiger partial charge in [0.25, 0.3) is 0 Å². The fourth-order valence-corrected chi connectivity index (χ4v) is 3.77. The van der Waals surface area contributed by atoms with Crippen molar-refractivity contribution in [1.29, 1.82) is 0 Å². The van der Waals surface area contributed by atoms with Crippen LogP contribution in [-0.2, 0) is 17.8 Å². The third-order valence-electron chi connectivity index (χ3n) is 5.54. The minimum absolute atomic E-state index is 0.0471. The summed E-state index contributed by atoms with van der Waals surface area (Å²) in [6.45, 7) is 10.2. The fourth-order valence-electron chi connectivity index (χ4n) is 3.77. The first-order valence-electron chi connectivity index (χ1n) is 11.4. The summed E-state index contributed by atoms with van der Waals surface area (Å²) < 4.78 is 8.37. The molecule has 3 rings (SSSR count). The summed E-state index contributed by atoms with van der Waals surface area (Å²) in [6, 6.07) is 14.6. The van der Waals surface area contributed by atoms with Crippen molar-refractivity contribution >= 4 is 16.9 Å². The molecule has 5 nitrogen and oxygen atoms in total. The van der Waals surface area contributed by atoms with E-state index in [4.69, 9.17) is 9.72 Å². The average molecular weight is 422 g/mol. The fraction of sp³-hybridized carbons (Fsp3) is 0.462. The first-order chi connectivity index (χ1) is 15.0. The van der Waals surface area contributed by atoms with Crippen LogP contribution in [0.25, 0.3) is 11.0 Å². The first kappa shape index (κ1) is 22.9. The summed E-state index contributed by atoms with van der Waals surface area (Å²) in [5, 5.41) is 2.99. The Labute approximate surface area is 185 Å². The number of nitrogens with one attached hydrogen (secondary N) is 1. The summed E-state index contributed by atoms with van der Waals surface area (Å²) >= 11 is 0. The maximum Gasteiger partial charge on any atom is 0.222 e. The van der Waals surface area contributed by atoms with Gasteiger partial charge in [0.05, 0.1) is 17.6 Å². The van der Waals surface area contributed by atoms with E-state index in [1.165, 1.54) is 11.1 Å². The molecular weight excluding hydrogens is 386 g/mol. The van der Waals surface area contributed by atoms with Crippen molar-refractivity contribution in [2.24, 2.45) is 5.92 Å². The normalized spacial score (nSPS) is 11.3. The molecule has 1 aromatic heterocycles. The number of nitrogens with zero attached hydrogens (tertiary/aromatic N) is 2. The highest BCUT2D eigenvalue weighted by Crippen LogP contribution is 2.21. The quantitative estimate of drug-likeness (QED) is 0.432. The Morgan fingerprint density at radius 1 is 1.10 bits per heavy atom. The number of aromatic nitrogens is 2. The van der Waals surface area contributed by atoms with Crippen molar-refractivity contribution in [3.8, 4) is 5.75 Å². The molecule has 0 bridgehead atoms. The third-order valence-corrected chi connectivity index (χ3v) is 5.54. The van der Waals surface area contributed by atoms with Crippen LogP contribution in [0, 0.1) is 19.8 Å². The van der Waals surface area contributed by atoms with Gasteiger partial charge in [-0.3, -0.25) is 4.79 Å². The molecule has 0 saturated heterocycles. The molecule has 0 fully saturated rings. The zero-order chi connectivity index (χ0) is 22.2. The summed E-state index contributed by atoms with van der Waals surface area (Å²) in [5.41, 5.74) is 4.61. The number of ether oxygens (including phenoxy) is 1. The lowest BCUT2D eigenvalue weighted by atomic mass is 10.1. The molecule has 0 unspecified atom stereocenters. The summed E-state index contributed by atoms with van der Waals surface area (Å²) in [5.74, 6) is 2.23. The van der Waals surface area contributed by atoms with Crippen LogP contribution >= 0.6 is 0 Å². The van der Waals surface area contributed by atoms with E-state index in [0.717, 1.165) is 61.4 Å². The van der Waals surface area contributed by atoms with Crippen LogP contribution < -0.4 is 10.1 Å². The molecule has 3 aromatic rings. The van der Waals surface area contributed by atoms with Gasteiger partial charge in [-0.15, -0.1) is 0 Å². The summed E-state index contributed by atoms with van der Waals surface area (Å²) in [6.07, 6.45) is 4.05. The second-order valence-corrected chi connectivity index (χ2v) is 8.54. The Morgan fingerprint density at radius 2 is 1.90 bits per heavy atom. The highest BCUT2D eigenvalue weighted by molar-refractivity contribution is 5.77. The van der Waals surface area contributed by atoms with Gasteiger partial charge in [-0.1, -0.05) is 50.1 Å². The second-order valence-electron chi connectivity index (χ2n) is 8.54. The molecule has 31 heavy (non-hydrogen) atoms. The Hall–Kier alpha value is -2.82. The molecule has 1 N–H and O–H groups in total. The number of hydrogen-bond acceptors (Lipinski definition) is 3. The number of rotatable bonds is 11. The van der Waals surface area contributed by atoms with Crippen molar-refractivity contribution in [3.63, 3.8) is 0 Å². The molecule has 1 amide bonds. The van der Waals surface area contributed by atoms with E-state index in [2.05, 4.69) is 60.1 Å². The number of fused-ring (bicyclic) bond motifs is 1. The standard InChI is InChI=1S/C26H35N3O2/c1-19(2)26(30)27-15-9-5-6-12-25-28-22-10-7-8-11-23(22)29(25)16-17-31-24-14-13-20(3)18-21(24)4/h7-8,10-11,13-14,18-19H,5-6,9,12,15-17H2,1-4H3,(H,27,30). The van der Waals surface area contributed by atoms with E-state index in [0.29, 0.717) is 6.61 Å². The molecule has 0 aliphatic heterocycles. The van der Waals surface area contributed by atoms with E-state index in [1.54, 1.807) is 0 Å². The third kappa shape index (κ3) is 6.33. The van der Waals surface area contributed by atoms with E-state index in [-0.39, 0.29) is 11.8 Å². The van der Waals surface area contributed by atoms with E-state index in [9.17, 15) is 4.79 Å². The van der Waals surface area contributed by atoms with Crippen molar-refractivity contribution < 1.29 is 9.53 Å². The van der Waals surface area contributed by atoms with Crippen LogP contribution in [-0.4, -0.2) is 28.6 Å². The molecule has 0 saturated carbocycles. The molecule has 0 aliphatic rings. The van der Waals surface area contributed by atoms with E-state index >= 15 is 0 Å². The Balaban J connectivity index is 1.56. The van der Waals surface area contributed by atoms with Crippen molar-refractivity contribution in [2.45, 2.75) is 59.9 Å². The SMILES string of the molecule is Cc1ccc(OCCn2c(CCCCCNC(=O)C(C)C)nc3ccccc32)c(C)c1. The van der Waals surface area contributed by atoms with E-state index < -0.39 is 0 Å². The Bertz CT molecular complexity index is 1010. The van der Waals surface area contributed by atoms with Gasteiger partial charge in [0.15, 0.2) is 0 Å². The van der Waals surface area contributed by atoms with Crippen LogP contribution in [0.1, 0.15) is 50.1 Å². The maximum atomic E-state index is 11.6. The number of hydrogen-bond donors (Lipinski definition) is 1. The van der Waals surface area contributed by atoms with Crippen LogP contribution in [0.4, 0.5) is 0 Å². The number of amides is 1. The van der Waals surface area contributed by atoms with Gasteiger partial charge in [0.2, 0.25) is 5.91 Å². The monoisotopic (exact) mass is 421 g/mol. The van der Waals surface area contributed by atoms with Crippen molar-refractivity contribution in [3.05, 3.63) is 59.4 Å². The maximum absolute atomic E-state index is 11.6. The predicted molar refractivity (Wildman–Crippen MR) is 127 cm³/mol. The van der Waals surface area contributed by atoms with Crippen LogP contribution in [0.5, 0.6) is 5.75 Å². The number of carbonyl (C=O) groups is 1. The molecule has 5 heteroatoms. The van der Waals surface area contributed by atoms with Gasteiger partial charge in [-0.2, -0.15) is 0 Å². The smallest absolute Gasteiger partial charge is 0.222 e. The number of carbonyl (C=O) groups excluding carboxylic acids is 1. The molecule has 1 heterocycles. The van der Waals surface area contributed by atoms with Gasteiger partial charge in [0, 0.05) is 18.9 Å². The molecule has 0 radical (unpaired) electrons. The molecule has 0 aliphatic carbocycles. The number of aryl methyl sites for hydroxylation is 3. The van der Waals surface area contributed by atoms with Crippen LogP contribution in [0.15, 0.2) is 42.5 Å². The largest absolute Gasteiger partial charge is 0.491 e. The molecule has 0 spiro atoms. The molecule has 0 atom stereocenters. The number of imidazole rings is 1. The summed E-state index contributed by atoms with van der Waals surface area (Å²) in [4.78, 5) is 16.5. The average Bonchev–Trinajstić information content (AvgIpc) is 3.09. The van der Waals surface area contributed by atoms with Gasteiger partial charge in [-0.05, 0) is 50.5 Å². The first-order valence-corrected chi connectivity index (χ1v) is 11.4. The van der Waals surface area contributed by atoms with Gasteiger partial charge in [-0.25, -0.2) is 4.98 Å². The molecular formula is C26H35N3O2. The van der Waals surface area contributed by atoms with Gasteiger partial charge in [0.1, 0.15) is 18.2 Å². The van der Waals surface area contributed by atoms with Crippen LogP contribution in [0.3, 0.4) is 0 Å². The lowest BCUT2D eigenvalue weighted by Crippen LogP contribution is -2.28. The zero-order valence-corrected chi connectivity index (χ0v) is 19.3. The minimum atomic E-state index is 0.0471. The van der Waals surface area contributed by atoms with Gasteiger partial charge >= 0.3 is 0 Å². The van der Waals surface area contributed by atoms with Gasteiger partial charge < -0.3 is 14.6 Å². The highest BCUT2D eigenvalue weighted by Gasteiger charge is 2.11. The number of benzene rings is 2. The lowest BCUT2D eigenvalue weighted by Gasteiger charge is -2.13. The Kier molecular flexibility index (Phi) is 8.10. The number of unbranched alkanes of at least 4 members (excludes halogenated alkanes) is 2. The Morgan fingerprint density at radius 3 is 2.68 bits per heavy atom. The highest BCUT2D eigenvalue weighted by atomic mass is 16.5. The minimum Gasteiger partial charge on any atom is -0.491 e. The second kappa shape index (κ2) is 11.0.